The second kappa shape index (κ2) is 12.2. The van der Waals surface area contributed by atoms with Crippen molar-refractivity contribution in [3.8, 4) is 0 Å². The molecule has 6 aliphatic carbocycles. The number of carbonyl (C=O) groups is 4. The van der Waals surface area contributed by atoms with E-state index in [9.17, 15) is 24.3 Å². The number of aliphatic carboxylic acids is 1. The lowest BCUT2D eigenvalue weighted by Gasteiger charge is -2.69. The van der Waals surface area contributed by atoms with Crippen molar-refractivity contribution in [1.82, 2.24) is 5.32 Å². The molecule has 1 heterocycles. The van der Waals surface area contributed by atoms with Crippen molar-refractivity contribution < 1.29 is 29.0 Å². The summed E-state index contributed by atoms with van der Waals surface area (Å²) in [6, 6.07) is 0. The van der Waals surface area contributed by atoms with Crippen molar-refractivity contribution in [2.45, 2.75) is 131 Å². The summed E-state index contributed by atoms with van der Waals surface area (Å²) in [7, 11) is 0. The van der Waals surface area contributed by atoms with Crippen LogP contribution < -0.4 is 11.1 Å². The van der Waals surface area contributed by atoms with Gasteiger partial charge in [-0.1, -0.05) is 54.0 Å². The molecule has 0 aromatic rings. The second-order valence-corrected chi connectivity index (χ2v) is 19.9. The molecule has 50 heavy (non-hydrogen) atoms. The van der Waals surface area contributed by atoms with Gasteiger partial charge in [-0.05, 0) is 127 Å². The molecule has 8 nitrogen and oxygen atoms in total. The fraction of sp³-hybridized carbons (Fsp3) is 0.857. The predicted molar refractivity (Wildman–Crippen MR) is 192 cm³/mol. The van der Waals surface area contributed by atoms with Crippen molar-refractivity contribution in [1.29, 1.82) is 0 Å². The quantitative estimate of drug-likeness (QED) is 0.244. The van der Waals surface area contributed by atoms with Gasteiger partial charge in [0.15, 0.2) is 5.78 Å². The number of Topliss-reactive ketones (excluding diaryl/α,β-unsaturated/α-hetero) is 2. The zero-order valence-corrected chi connectivity index (χ0v) is 31.9. The zero-order chi connectivity index (χ0) is 36.2. The van der Waals surface area contributed by atoms with Crippen LogP contribution in [0.5, 0.6) is 0 Å². The number of carboxylic acid groups (broad SMARTS) is 1. The van der Waals surface area contributed by atoms with Crippen molar-refractivity contribution >= 4 is 23.4 Å². The first kappa shape index (κ1) is 36.3. The Morgan fingerprint density at radius 2 is 1.64 bits per heavy atom. The molecule has 0 bridgehead atoms. The van der Waals surface area contributed by atoms with E-state index in [2.05, 4.69) is 46.9 Å². The van der Waals surface area contributed by atoms with Crippen LogP contribution in [0, 0.1) is 74.9 Å². The largest absolute Gasteiger partial charge is 0.481 e. The Hall–Kier alpha value is -2.06. The maximum absolute atomic E-state index is 13.9. The third kappa shape index (κ3) is 5.25. The van der Waals surface area contributed by atoms with Gasteiger partial charge in [-0.25, -0.2) is 0 Å². The van der Waals surface area contributed by atoms with E-state index in [4.69, 9.17) is 10.5 Å². The van der Waals surface area contributed by atoms with E-state index in [1.807, 2.05) is 6.92 Å². The average molecular weight is 693 g/mol. The monoisotopic (exact) mass is 692 g/mol. The number of carboxylic acids is 1. The maximum Gasteiger partial charge on any atom is 0.306 e. The van der Waals surface area contributed by atoms with E-state index in [1.54, 1.807) is 0 Å². The van der Waals surface area contributed by atoms with Crippen LogP contribution in [0.1, 0.15) is 126 Å². The van der Waals surface area contributed by atoms with Crippen LogP contribution >= 0.6 is 0 Å². The van der Waals surface area contributed by atoms with Crippen LogP contribution in [-0.2, 0) is 23.9 Å². The number of amides is 1. The first-order chi connectivity index (χ1) is 23.4. The molecular formula is C42H64N2O6. The third-order valence-corrected chi connectivity index (χ3v) is 17.0. The Morgan fingerprint density at radius 3 is 2.26 bits per heavy atom. The molecule has 11 atom stereocenters. The Balaban J connectivity index is 1.09. The molecule has 0 spiro atoms. The Morgan fingerprint density at radius 1 is 0.940 bits per heavy atom. The first-order valence-corrected chi connectivity index (χ1v) is 20.1. The summed E-state index contributed by atoms with van der Waals surface area (Å²) < 4.78 is 5.22. The Labute approximate surface area is 299 Å². The lowest BCUT2D eigenvalue weighted by Crippen LogP contribution is -2.66. The van der Waals surface area contributed by atoms with Crippen LogP contribution in [0.4, 0.5) is 0 Å². The van der Waals surface area contributed by atoms with Gasteiger partial charge in [0.2, 0.25) is 5.91 Å². The average Bonchev–Trinajstić information content (AvgIpc) is 3.32. The van der Waals surface area contributed by atoms with Gasteiger partial charge in [0.05, 0.1) is 19.1 Å². The minimum Gasteiger partial charge on any atom is -0.481 e. The highest BCUT2D eigenvalue weighted by atomic mass is 16.5. The summed E-state index contributed by atoms with van der Waals surface area (Å²) in [4.78, 5) is 51.8. The van der Waals surface area contributed by atoms with Gasteiger partial charge in [0.1, 0.15) is 11.3 Å². The number of hydrogen-bond donors (Lipinski definition) is 3. The van der Waals surface area contributed by atoms with Crippen molar-refractivity contribution in [2.75, 3.05) is 19.8 Å². The number of ether oxygens (including phenoxy) is 1. The molecule has 278 valence electrons. The Kier molecular flexibility index (Phi) is 8.89. The lowest BCUT2D eigenvalue weighted by atomic mass is 9.35. The van der Waals surface area contributed by atoms with Crippen LogP contribution in [-0.4, -0.2) is 53.8 Å². The van der Waals surface area contributed by atoms with Crippen molar-refractivity contribution in [3.05, 3.63) is 11.1 Å². The molecule has 7 rings (SSSR count). The predicted octanol–water partition coefficient (Wildman–Crippen LogP) is 6.74. The lowest BCUT2D eigenvalue weighted by molar-refractivity contribution is -0.193. The van der Waals surface area contributed by atoms with Gasteiger partial charge in [-0.15, -0.1) is 0 Å². The van der Waals surface area contributed by atoms with Crippen LogP contribution in [0.2, 0.25) is 0 Å². The summed E-state index contributed by atoms with van der Waals surface area (Å²) in [5.74, 6) is 1.89. The summed E-state index contributed by atoms with van der Waals surface area (Å²) in [5.41, 5.74) is 8.16. The molecule has 1 aliphatic heterocycles. The SMILES string of the molecule is CC(C)C1=C2C3CCC4C(C)(CCC5C(C)(C)C(CC(=O)C6CC(C(=O)O)C6C)CCC54C)C3CCC2(CCNC(=O)C2(N)COC2)CC1=O. The molecule has 1 amide bonds. The van der Waals surface area contributed by atoms with Crippen LogP contribution in [0.25, 0.3) is 0 Å². The van der Waals surface area contributed by atoms with Gasteiger partial charge < -0.3 is 20.9 Å². The molecule has 0 radical (unpaired) electrons. The third-order valence-electron chi connectivity index (χ3n) is 17.0. The fourth-order valence-electron chi connectivity index (χ4n) is 14.2. The highest BCUT2D eigenvalue weighted by molar-refractivity contribution is 6.00. The number of rotatable bonds is 9. The summed E-state index contributed by atoms with van der Waals surface area (Å²) in [6.07, 6.45) is 11.6. The van der Waals surface area contributed by atoms with E-state index in [0.29, 0.717) is 67.0 Å². The molecule has 0 aromatic heterocycles. The number of allylic oxidation sites excluding steroid dienone is 2. The van der Waals surface area contributed by atoms with Gasteiger partial charge in [-0.2, -0.15) is 0 Å². The highest BCUT2D eigenvalue weighted by Crippen LogP contribution is 2.74. The van der Waals surface area contributed by atoms with Gasteiger partial charge in [-0.3, -0.25) is 19.2 Å². The molecule has 6 fully saturated rings. The number of hydrogen-bond acceptors (Lipinski definition) is 6. The van der Waals surface area contributed by atoms with Crippen molar-refractivity contribution in [3.63, 3.8) is 0 Å². The number of carbonyl (C=O) groups excluding carboxylic acids is 3. The normalized spacial score (nSPS) is 44.2. The molecule has 0 aromatic carbocycles. The van der Waals surface area contributed by atoms with Crippen molar-refractivity contribution in [2.24, 2.45) is 80.7 Å². The zero-order valence-electron chi connectivity index (χ0n) is 31.9. The van der Waals surface area contributed by atoms with E-state index in [1.165, 1.54) is 24.8 Å². The van der Waals surface area contributed by atoms with E-state index in [0.717, 1.165) is 44.1 Å². The van der Waals surface area contributed by atoms with E-state index >= 15 is 0 Å². The molecule has 11 unspecified atom stereocenters. The fourth-order valence-corrected chi connectivity index (χ4v) is 14.2. The van der Waals surface area contributed by atoms with E-state index < -0.39 is 11.5 Å². The standard InChI is InChI=1S/C42H64N2O6/c1-23(2)34-31(46)20-41(16-17-44-37(49)42(43)21-50-22-42)15-11-29-26(35(34)41)8-9-33-39(29,6)14-12-32-38(4,5)25(10-13-40(32,33)7)18-30(45)27-19-28(24(27)3)36(47)48/h23-29,32-33H,8-22,43H2,1-7H3,(H,44,49)(H,47,48). The van der Waals surface area contributed by atoms with Crippen LogP contribution in [0.3, 0.4) is 0 Å². The first-order valence-electron chi connectivity index (χ1n) is 20.1. The number of nitrogens with two attached hydrogens (primary N) is 1. The maximum atomic E-state index is 13.9. The summed E-state index contributed by atoms with van der Waals surface area (Å²) in [5, 5.41) is 12.6. The smallest absolute Gasteiger partial charge is 0.306 e. The highest BCUT2D eigenvalue weighted by Gasteiger charge is 2.66. The minimum atomic E-state index is -0.922. The summed E-state index contributed by atoms with van der Waals surface area (Å²) >= 11 is 0. The number of fused-ring (bicyclic) bond motifs is 7. The Bertz CT molecular complexity index is 1480. The number of ketones is 2. The molecule has 1 saturated heterocycles. The summed E-state index contributed by atoms with van der Waals surface area (Å²) in [6.45, 7) is 17.5. The molecule has 8 heteroatoms. The second-order valence-electron chi connectivity index (χ2n) is 19.9. The van der Waals surface area contributed by atoms with Gasteiger partial charge in [0, 0.05) is 30.7 Å². The van der Waals surface area contributed by atoms with Crippen LogP contribution in [0.15, 0.2) is 11.1 Å². The van der Waals surface area contributed by atoms with E-state index in [-0.39, 0.29) is 64.5 Å². The minimum absolute atomic E-state index is 0.0467. The van der Waals surface area contributed by atoms with Gasteiger partial charge in [0.25, 0.3) is 0 Å². The molecule has 7 aliphatic rings. The molecule has 4 N–H and O–H groups in total. The molecule has 5 saturated carbocycles. The molecular weight excluding hydrogens is 628 g/mol. The topological polar surface area (TPSA) is 136 Å². The van der Waals surface area contributed by atoms with Gasteiger partial charge >= 0.3 is 5.97 Å². The number of nitrogens with one attached hydrogen (secondary N) is 1.